The molecular weight excluding hydrogens is 328 g/mol. The second-order valence-electron chi connectivity index (χ2n) is 6.76. The van der Waals surface area contributed by atoms with Crippen LogP contribution in [0.3, 0.4) is 0 Å². The van der Waals surface area contributed by atoms with Gasteiger partial charge in [0, 0.05) is 18.1 Å². The van der Waals surface area contributed by atoms with E-state index in [1.807, 2.05) is 38.1 Å². The fraction of sp³-hybridized carbons (Fsp3) is 0.318. The quantitative estimate of drug-likeness (QED) is 0.657. The maximum Gasteiger partial charge on any atom is 0.102 e. The van der Waals surface area contributed by atoms with Crippen molar-refractivity contribution >= 4 is 22.9 Å². The predicted octanol–water partition coefficient (Wildman–Crippen LogP) is 6.21. The number of piperidine rings is 1. The zero-order chi connectivity index (χ0) is 18.0. The van der Waals surface area contributed by atoms with Crippen LogP contribution in [0.4, 0.5) is 5.69 Å². The molecule has 2 aromatic carbocycles. The summed E-state index contributed by atoms with van der Waals surface area (Å²) in [7, 11) is 0. The monoisotopic (exact) mass is 350 g/mol. The maximum atomic E-state index is 9.81. The number of anilines is 1. The molecule has 1 aliphatic heterocycles. The molecule has 0 bridgehead atoms. The summed E-state index contributed by atoms with van der Waals surface area (Å²) in [4.78, 5) is 2.36. The fourth-order valence-corrected chi connectivity index (χ4v) is 3.86. The molecular formula is C22H23ClN2. The summed E-state index contributed by atoms with van der Waals surface area (Å²) >= 11 is 6.06. The third kappa shape index (κ3) is 3.43. The van der Waals surface area contributed by atoms with Gasteiger partial charge in [0.1, 0.15) is 6.07 Å². The zero-order valence-corrected chi connectivity index (χ0v) is 15.7. The van der Waals surface area contributed by atoms with Crippen LogP contribution in [0.5, 0.6) is 0 Å². The van der Waals surface area contributed by atoms with Crippen LogP contribution >= 0.6 is 11.6 Å². The Morgan fingerprint density at radius 2 is 1.80 bits per heavy atom. The van der Waals surface area contributed by atoms with Gasteiger partial charge in [-0.3, -0.25) is 0 Å². The Morgan fingerprint density at radius 3 is 2.36 bits per heavy atom. The van der Waals surface area contributed by atoms with Crippen molar-refractivity contribution in [3.8, 4) is 17.2 Å². The van der Waals surface area contributed by atoms with E-state index in [2.05, 4.69) is 23.6 Å². The van der Waals surface area contributed by atoms with Crippen molar-refractivity contribution in [1.82, 2.24) is 0 Å². The number of hydrogen-bond donors (Lipinski definition) is 0. The van der Waals surface area contributed by atoms with E-state index in [-0.39, 0.29) is 0 Å². The number of benzene rings is 2. The van der Waals surface area contributed by atoms with Crippen LogP contribution in [0.2, 0.25) is 5.02 Å². The van der Waals surface area contributed by atoms with Gasteiger partial charge in [0.25, 0.3) is 0 Å². The molecule has 3 rings (SSSR count). The third-order valence-corrected chi connectivity index (χ3v) is 5.20. The van der Waals surface area contributed by atoms with E-state index in [1.54, 1.807) is 0 Å². The zero-order valence-electron chi connectivity index (χ0n) is 14.9. The van der Waals surface area contributed by atoms with Gasteiger partial charge < -0.3 is 4.90 Å². The molecule has 0 amide bonds. The number of nitriles is 1. The molecule has 2 nitrogen and oxygen atoms in total. The molecule has 1 saturated heterocycles. The van der Waals surface area contributed by atoms with Gasteiger partial charge in [-0.2, -0.15) is 5.26 Å². The molecule has 0 aliphatic carbocycles. The molecule has 3 heteroatoms. The summed E-state index contributed by atoms with van der Waals surface area (Å²) in [6.07, 6.45) is 3.64. The Hall–Kier alpha value is -2.24. The highest BCUT2D eigenvalue weighted by Crippen LogP contribution is 2.39. The molecule has 0 aromatic heterocycles. The lowest BCUT2D eigenvalue weighted by molar-refractivity contribution is 0.577. The van der Waals surface area contributed by atoms with Crippen molar-refractivity contribution in [3.63, 3.8) is 0 Å². The highest BCUT2D eigenvalue weighted by Gasteiger charge is 2.21. The van der Waals surface area contributed by atoms with E-state index in [1.165, 1.54) is 19.3 Å². The van der Waals surface area contributed by atoms with E-state index in [0.717, 1.165) is 57.2 Å². The van der Waals surface area contributed by atoms with Gasteiger partial charge in [-0.15, -0.1) is 0 Å². The molecule has 0 saturated carbocycles. The molecule has 2 aromatic rings. The largest absolute Gasteiger partial charge is 0.370 e. The van der Waals surface area contributed by atoms with Gasteiger partial charge in [-0.05, 0) is 73.6 Å². The molecule has 1 aliphatic rings. The lowest BCUT2D eigenvalue weighted by Gasteiger charge is -2.31. The highest BCUT2D eigenvalue weighted by atomic mass is 35.5. The Kier molecular flexibility index (Phi) is 5.16. The molecule has 0 spiro atoms. The van der Waals surface area contributed by atoms with Crippen molar-refractivity contribution in [2.24, 2.45) is 0 Å². The van der Waals surface area contributed by atoms with Crippen LogP contribution < -0.4 is 4.90 Å². The van der Waals surface area contributed by atoms with E-state index in [4.69, 9.17) is 11.6 Å². The van der Waals surface area contributed by atoms with Crippen molar-refractivity contribution in [2.45, 2.75) is 33.1 Å². The second-order valence-corrected chi connectivity index (χ2v) is 7.20. The van der Waals surface area contributed by atoms with E-state index in [0.29, 0.717) is 0 Å². The summed E-state index contributed by atoms with van der Waals surface area (Å²) in [5.41, 5.74) is 7.12. The summed E-state index contributed by atoms with van der Waals surface area (Å²) in [6.45, 7) is 10.2. The van der Waals surface area contributed by atoms with Gasteiger partial charge in [-0.25, -0.2) is 0 Å². The molecule has 0 N–H and O–H groups in total. The van der Waals surface area contributed by atoms with Crippen molar-refractivity contribution in [1.29, 1.82) is 5.26 Å². The normalized spacial score (nSPS) is 14.2. The summed E-state index contributed by atoms with van der Waals surface area (Å²) in [5, 5.41) is 10.5. The van der Waals surface area contributed by atoms with Crippen LogP contribution in [0.15, 0.2) is 36.9 Å². The summed E-state index contributed by atoms with van der Waals surface area (Å²) < 4.78 is 0. The molecule has 25 heavy (non-hydrogen) atoms. The van der Waals surface area contributed by atoms with E-state index >= 15 is 0 Å². The average Bonchev–Trinajstić information content (AvgIpc) is 2.62. The molecule has 1 fully saturated rings. The maximum absolute atomic E-state index is 9.81. The smallest absolute Gasteiger partial charge is 0.102 e. The Morgan fingerprint density at radius 1 is 1.16 bits per heavy atom. The molecule has 1 heterocycles. The topological polar surface area (TPSA) is 27.0 Å². The Bertz CT molecular complexity index is 838. The van der Waals surface area contributed by atoms with E-state index < -0.39 is 0 Å². The first-order chi connectivity index (χ1) is 12.0. The fourth-order valence-electron chi connectivity index (χ4n) is 3.73. The lowest BCUT2D eigenvalue weighted by Crippen LogP contribution is -2.30. The Labute approximate surface area is 155 Å². The number of nitrogens with zero attached hydrogens (tertiary/aromatic N) is 2. The number of hydrogen-bond acceptors (Lipinski definition) is 2. The first-order valence-electron chi connectivity index (χ1n) is 8.77. The van der Waals surface area contributed by atoms with Gasteiger partial charge in [0.15, 0.2) is 0 Å². The highest BCUT2D eigenvalue weighted by molar-refractivity contribution is 6.30. The van der Waals surface area contributed by atoms with Gasteiger partial charge in [0.05, 0.1) is 11.3 Å². The van der Waals surface area contributed by atoms with Gasteiger partial charge >= 0.3 is 0 Å². The third-order valence-electron chi connectivity index (χ3n) is 4.95. The standard InChI is InChI=1S/C22H23ClN2/c1-15(2)22-16(3)20(14-24)21(25-11-5-4-6-12-25)13-19(22)17-7-9-18(23)10-8-17/h7-10,13H,1,4-6,11-12H2,2-3H3. The Balaban J connectivity index is 2.25. The van der Waals surface area contributed by atoms with Crippen molar-refractivity contribution in [3.05, 3.63) is 58.6 Å². The minimum atomic E-state index is 0.724. The number of halogens is 1. The summed E-state index contributed by atoms with van der Waals surface area (Å²) in [6, 6.07) is 12.5. The number of rotatable bonds is 3. The first-order valence-corrected chi connectivity index (χ1v) is 9.15. The molecule has 0 atom stereocenters. The van der Waals surface area contributed by atoms with E-state index in [9.17, 15) is 5.26 Å². The molecule has 128 valence electrons. The molecule has 0 unspecified atom stereocenters. The average molecular weight is 351 g/mol. The van der Waals surface area contributed by atoms with Gasteiger partial charge in [0.2, 0.25) is 0 Å². The van der Waals surface area contributed by atoms with Crippen LogP contribution in [0.1, 0.15) is 42.9 Å². The number of allylic oxidation sites excluding steroid dienone is 1. The molecule has 0 radical (unpaired) electrons. The van der Waals surface area contributed by atoms with Crippen LogP contribution in [0.25, 0.3) is 16.7 Å². The van der Waals surface area contributed by atoms with Crippen LogP contribution in [-0.4, -0.2) is 13.1 Å². The summed E-state index contributed by atoms with van der Waals surface area (Å²) in [5.74, 6) is 0. The predicted molar refractivity (Wildman–Crippen MR) is 107 cm³/mol. The lowest BCUT2D eigenvalue weighted by atomic mass is 9.88. The van der Waals surface area contributed by atoms with Crippen molar-refractivity contribution in [2.75, 3.05) is 18.0 Å². The minimum absolute atomic E-state index is 0.724. The second kappa shape index (κ2) is 7.33. The first kappa shape index (κ1) is 17.6. The minimum Gasteiger partial charge on any atom is -0.370 e. The van der Waals surface area contributed by atoms with Gasteiger partial charge in [-0.1, -0.05) is 35.9 Å². The SMILES string of the molecule is C=C(C)c1c(-c2ccc(Cl)cc2)cc(N2CCCCC2)c(C#N)c1C. The van der Waals surface area contributed by atoms with Crippen LogP contribution in [-0.2, 0) is 0 Å². The van der Waals surface area contributed by atoms with Crippen LogP contribution in [0, 0.1) is 18.3 Å². The van der Waals surface area contributed by atoms with Crippen molar-refractivity contribution < 1.29 is 0 Å².